The second-order valence-corrected chi connectivity index (χ2v) is 5.80. The van der Waals surface area contributed by atoms with Crippen molar-refractivity contribution in [2.45, 2.75) is 6.92 Å². The van der Waals surface area contributed by atoms with Gasteiger partial charge in [0.2, 0.25) is 0 Å². The van der Waals surface area contributed by atoms with E-state index in [2.05, 4.69) is 0 Å². The van der Waals surface area contributed by atoms with Gasteiger partial charge in [-0.2, -0.15) is 0 Å². The fraction of sp³-hybridized carbons (Fsp3) is 0.158. The molecule has 2 aromatic carbocycles. The van der Waals surface area contributed by atoms with Gasteiger partial charge in [-0.3, -0.25) is 4.79 Å². The van der Waals surface area contributed by atoms with E-state index in [0.29, 0.717) is 28.0 Å². The van der Waals surface area contributed by atoms with Gasteiger partial charge in [0.05, 0.1) is 16.7 Å². The van der Waals surface area contributed by atoms with E-state index >= 15 is 0 Å². The summed E-state index contributed by atoms with van der Waals surface area (Å²) in [5, 5.41) is 0.740. The number of ketones is 1. The molecule has 0 fully saturated rings. The second kappa shape index (κ2) is 9.25. The van der Waals surface area contributed by atoms with Crippen LogP contribution in [0.5, 0.6) is 5.75 Å². The fourth-order valence-corrected chi connectivity index (χ4v) is 2.24. The Morgan fingerprint density at radius 3 is 2.40 bits per heavy atom. The molecular weight excluding hydrogens is 363 g/mol. The molecule has 4 nitrogen and oxygen atoms in total. The number of benzene rings is 2. The molecule has 6 heteroatoms. The molecule has 0 N–H and O–H groups in total. The molecule has 25 heavy (non-hydrogen) atoms. The third kappa shape index (κ3) is 5.93. The first-order valence-electron chi connectivity index (χ1n) is 7.55. The molecule has 0 saturated heterocycles. The van der Waals surface area contributed by atoms with Gasteiger partial charge in [-0.1, -0.05) is 41.4 Å². The Labute approximate surface area is 156 Å². The van der Waals surface area contributed by atoms with E-state index in [-0.39, 0.29) is 12.4 Å². The summed E-state index contributed by atoms with van der Waals surface area (Å²) in [6, 6.07) is 11.7. The van der Waals surface area contributed by atoms with Crippen molar-refractivity contribution in [3.05, 3.63) is 69.7 Å². The van der Waals surface area contributed by atoms with E-state index in [1.54, 1.807) is 49.4 Å². The van der Waals surface area contributed by atoms with Crippen molar-refractivity contribution in [3.8, 4) is 5.75 Å². The first-order chi connectivity index (χ1) is 12.0. The third-order valence-electron chi connectivity index (χ3n) is 3.17. The van der Waals surface area contributed by atoms with Gasteiger partial charge in [-0.15, -0.1) is 0 Å². The van der Waals surface area contributed by atoms with Gasteiger partial charge in [-0.05, 0) is 48.9 Å². The quantitative estimate of drug-likeness (QED) is 0.393. The molecule has 0 amide bonds. The molecule has 0 saturated carbocycles. The Hall–Kier alpha value is -2.30. The Morgan fingerprint density at radius 2 is 1.76 bits per heavy atom. The molecule has 0 radical (unpaired) electrons. The number of halogens is 2. The van der Waals surface area contributed by atoms with Crippen LogP contribution in [0.25, 0.3) is 6.08 Å². The second-order valence-electron chi connectivity index (χ2n) is 4.99. The standard InChI is InChI=1S/C19H16Cl2O4/c1-2-24-19(23)12-25-15-7-3-13(4-8-15)5-10-18(22)14-6-9-16(20)17(21)11-14/h3-11H,2,12H2,1H3. The molecule has 0 aromatic heterocycles. The topological polar surface area (TPSA) is 52.6 Å². The molecule has 0 aliphatic rings. The highest BCUT2D eigenvalue weighted by Gasteiger charge is 2.05. The zero-order valence-electron chi connectivity index (χ0n) is 13.5. The first kappa shape index (κ1) is 19.0. The largest absolute Gasteiger partial charge is 0.482 e. The van der Waals surface area contributed by atoms with Gasteiger partial charge >= 0.3 is 5.97 Å². The number of allylic oxidation sites excluding steroid dienone is 1. The van der Waals surface area contributed by atoms with E-state index in [1.807, 2.05) is 0 Å². The normalized spacial score (nSPS) is 10.7. The lowest BCUT2D eigenvalue weighted by Crippen LogP contribution is -2.14. The van der Waals surface area contributed by atoms with Crippen LogP contribution in [0.1, 0.15) is 22.8 Å². The molecule has 0 atom stereocenters. The summed E-state index contributed by atoms with van der Waals surface area (Å²) in [5.41, 5.74) is 1.27. The van der Waals surface area contributed by atoms with Gasteiger partial charge < -0.3 is 9.47 Å². The summed E-state index contributed by atoms with van der Waals surface area (Å²) in [6.45, 7) is 1.91. The van der Waals surface area contributed by atoms with Crippen LogP contribution in [0, 0.1) is 0 Å². The van der Waals surface area contributed by atoms with Crippen molar-refractivity contribution in [2.24, 2.45) is 0 Å². The minimum Gasteiger partial charge on any atom is -0.482 e. The van der Waals surface area contributed by atoms with Gasteiger partial charge in [0.25, 0.3) is 0 Å². The molecule has 2 aromatic rings. The smallest absolute Gasteiger partial charge is 0.344 e. The van der Waals surface area contributed by atoms with Gasteiger partial charge in [0.15, 0.2) is 12.4 Å². The third-order valence-corrected chi connectivity index (χ3v) is 3.91. The predicted molar refractivity (Wildman–Crippen MR) is 98.4 cm³/mol. The van der Waals surface area contributed by atoms with Gasteiger partial charge in [0, 0.05) is 5.56 Å². The molecule has 0 aliphatic heterocycles. The van der Waals surface area contributed by atoms with Crippen molar-refractivity contribution in [3.63, 3.8) is 0 Å². The zero-order valence-corrected chi connectivity index (χ0v) is 15.0. The molecule has 0 bridgehead atoms. The number of hydrogen-bond acceptors (Lipinski definition) is 4. The van der Waals surface area contributed by atoms with Crippen LogP contribution in [0.3, 0.4) is 0 Å². The highest BCUT2D eigenvalue weighted by Crippen LogP contribution is 2.23. The molecule has 2 rings (SSSR count). The number of esters is 1. The van der Waals surface area contributed by atoms with Crippen molar-refractivity contribution in [2.75, 3.05) is 13.2 Å². The lowest BCUT2D eigenvalue weighted by molar-refractivity contribution is -0.145. The number of ether oxygens (including phenoxy) is 2. The number of carbonyl (C=O) groups is 2. The molecule has 0 spiro atoms. The number of hydrogen-bond donors (Lipinski definition) is 0. The molecule has 0 heterocycles. The summed E-state index contributed by atoms with van der Waals surface area (Å²) < 4.78 is 10.1. The Balaban J connectivity index is 1.95. The maximum Gasteiger partial charge on any atom is 0.344 e. The minimum absolute atomic E-state index is 0.140. The number of rotatable bonds is 7. The van der Waals surface area contributed by atoms with Crippen LogP contribution in [-0.4, -0.2) is 25.0 Å². The van der Waals surface area contributed by atoms with Crippen LogP contribution in [0.4, 0.5) is 0 Å². The van der Waals surface area contributed by atoms with Crippen molar-refractivity contribution in [1.82, 2.24) is 0 Å². The Bertz CT molecular complexity index is 783. The minimum atomic E-state index is -0.418. The Morgan fingerprint density at radius 1 is 1.04 bits per heavy atom. The van der Waals surface area contributed by atoms with Crippen LogP contribution in [0.2, 0.25) is 10.0 Å². The molecule has 0 unspecified atom stereocenters. The van der Waals surface area contributed by atoms with Gasteiger partial charge in [0.1, 0.15) is 5.75 Å². The maximum absolute atomic E-state index is 12.1. The highest BCUT2D eigenvalue weighted by molar-refractivity contribution is 6.42. The summed E-state index contributed by atoms with van der Waals surface area (Å²) in [5.74, 6) is -0.0547. The summed E-state index contributed by atoms with van der Waals surface area (Å²) >= 11 is 11.7. The summed E-state index contributed by atoms with van der Waals surface area (Å²) in [6.07, 6.45) is 3.13. The SMILES string of the molecule is CCOC(=O)COc1ccc(C=CC(=O)c2ccc(Cl)c(Cl)c2)cc1. The van der Waals surface area contributed by atoms with Crippen molar-refractivity contribution in [1.29, 1.82) is 0 Å². The summed E-state index contributed by atoms with van der Waals surface area (Å²) in [4.78, 5) is 23.3. The van der Waals surface area contributed by atoms with E-state index in [9.17, 15) is 9.59 Å². The van der Waals surface area contributed by atoms with Crippen LogP contribution >= 0.6 is 23.2 Å². The van der Waals surface area contributed by atoms with Gasteiger partial charge in [-0.25, -0.2) is 4.79 Å². The Kier molecular flexibility index (Phi) is 7.04. The first-order valence-corrected chi connectivity index (χ1v) is 8.31. The maximum atomic E-state index is 12.1. The molecular formula is C19H16Cl2O4. The van der Waals surface area contributed by atoms with E-state index in [4.69, 9.17) is 32.7 Å². The zero-order chi connectivity index (χ0) is 18.2. The molecule has 0 aliphatic carbocycles. The average Bonchev–Trinajstić information content (AvgIpc) is 2.61. The van der Waals surface area contributed by atoms with E-state index < -0.39 is 5.97 Å². The number of carbonyl (C=O) groups excluding carboxylic acids is 2. The van der Waals surface area contributed by atoms with E-state index in [0.717, 1.165) is 5.56 Å². The lowest BCUT2D eigenvalue weighted by atomic mass is 10.1. The molecule has 130 valence electrons. The van der Waals surface area contributed by atoms with Crippen molar-refractivity contribution < 1.29 is 19.1 Å². The average molecular weight is 379 g/mol. The highest BCUT2D eigenvalue weighted by atomic mass is 35.5. The lowest BCUT2D eigenvalue weighted by Gasteiger charge is -2.05. The van der Waals surface area contributed by atoms with Crippen LogP contribution in [-0.2, 0) is 9.53 Å². The van der Waals surface area contributed by atoms with Crippen molar-refractivity contribution >= 4 is 41.0 Å². The fourth-order valence-electron chi connectivity index (χ4n) is 1.94. The van der Waals surface area contributed by atoms with Crippen LogP contribution < -0.4 is 4.74 Å². The monoisotopic (exact) mass is 378 g/mol. The summed E-state index contributed by atoms with van der Waals surface area (Å²) in [7, 11) is 0. The van der Waals surface area contributed by atoms with E-state index in [1.165, 1.54) is 12.1 Å². The predicted octanol–water partition coefficient (Wildman–Crippen LogP) is 4.83. The van der Waals surface area contributed by atoms with Crippen LogP contribution in [0.15, 0.2) is 48.5 Å².